The number of ether oxygens (including phenoxy) is 2. The summed E-state index contributed by atoms with van der Waals surface area (Å²) >= 11 is 0. The summed E-state index contributed by atoms with van der Waals surface area (Å²) in [6.45, 7) is 7.68. The molecule has 38 heavy (non-hydrogen) atoms. The van der Waals surface area contributed by atoms with Crippen LogP contribution in [-0.2, 0) is 28.9 Å². The highest BCUT2D eigenvalue weighted by Crippen LogP contribution is 2.66. The summed E-state index contributed by atoms with van der Waals surface area (Å²) in [4.78, 5) is 12.5. The molecule has 0 spiro atoms. The van der Waals surface area contributed by atoms with E-state index in [2.05, 4.69) is 19.9 Å². The number of hydrogen-bond donors (Lipinski definition) is 4. The maximum atomic E-state index is 12.5. The van der Waals surface area contributed by atoms with Gasteiger partial charge in [-0.1, -0.05) is 25.5 Å². The standard InChI is InChI=1S/C27H42O10S/c1-13(28)17-5-6-18-16-12-21(36-25-24(31)23(30)22(29)14(2)35-25)20-11-15(37-38(32,33)34)7-9-27(20,4)19(16)8-10-26(17,18)3/h8,14-18,20-25,29-31H,5-7,9-12H2,1-4H3,(H,32,33,34)/t14-,15+,16?,17-,18?,20?,21+,22-,23+,24-,25+,26-,27-/m1/s1. The lowest BCUT2D eigenvalue weighted by Gasteiger charge is -2.59. The Morgan fingerprint density at radius 3 is 2.42 bits per heavy atom. The second-order valence-corrected chi connectivity index (χ2v) is 13.9. The average Bonchev–Trinajstić information content (AvgIpc) is 3.18. The highest BCUT2D eigenvalue weighted by molar-refractivity contribution is 7.80. The summed E-state index contributed by atoms with van der Waals surface area (Å²) in [5.74, 6) is 0.473. The van der Waals surface area contributed by atoms with Gasteiger partial charge < -0.3 is 24.8 Å². The molecule has 11 heteroatoms. The van der Waals surface area contributed by atoms with Crippen molar-refractivity contribution >= 4 is 16.2 Å². The molecule has 4 fully saturated rings. The van der Waals surface area contributed by atoms with Crippen molar-refractivity contribution in [3.63, 3.8) is 0 Å². The number of fused-ring (bicyclic) bond motifs is 5. The van der Waals surface area contributed by atoms with Crippen LogP contribution in [0.5, 0.6) is 0 Å². The summed E-state index contributed by atoms with van der Waals surface area (Å²) < 4.78 is 49.6. The van der Waals surface area contributed by atoms with E-state index in [1.54, 1.807) is 13.8 Å². The molecular weight excluding hydrogens is 516 g/mol. The van der Waals surface area contributed by atoms with Crippen LogP contribution >= 0.6 is 0 Å². The number of Topliss-reactive ketones (excluding diaryl/α,β-unsaturated/α-hetero) is 1. The number of rotatable bonds is 5. The number of aliphatic hydroxyl groups is 3. The zero-order valence-electron chi connectivity index (χ0n) is 22.5. The van der Waals surface area contributed by atoms with Crippen molar-refractivity contribution in [2.75, 3.05) is 0 Å². The molecule has 0 aromatic carbocycles. The van der Waals surface area contributed by atoms with E-state index in [0.717, 1.165) is 19.3 Å². The summed E-state index contributed by atoms with van der Waals surface area (Å²) in [5.41, 5.74) is 0.841. The van der Waals surface area contributed by atoms with Crippen LogP contribution in [0, 0.1) is 34.5 Å². The van der Waals surface area contributed by atoms with Gasteiger partial charge in [0.1, 0.15) is 24.1 Å². The number of allylic oxidation sites excluding steroid dienone is 2. The van der Waals surface area contributed by atoms with E-state index in [4.69, 9.17) is 13.7 Å². The average molecular weight is 559 g/mol. The lowest BCUT2D eigenvalue weighted by molar-refractivity contribution is -0.315. The van der Waals surface area contributed by atoms with E-state index in [-0.39, 0.29) is 40.3 Å². The first kappa shape index (κ1) is 28.6. The van der Waals surface area contributed by atoms with Gasteiger partial charge in [0.05, 0.1) is 18.3 Å². The number of carbonyl (C=O) groups is 1. The van der Waals surface area contributed by atoms with E-state index in [9.17, 15) is 33.1 Å². The van der Waals surface area contributed by atoms with Gasteiger partial charge in [0.25, 0.3) is 0 Å². The van der Waals surface area contributed by atoms with Crippen molar-refractivity contribution < 1.29 is 46.7 Å². The molecule has 13 atom stereocenters. The molecule has 0 radical (unpaired) electrons. The molecule has 3 unspecified atom stereocenters. The van der Waals surface area contributed by atoms with Gasteiger partial charge in [-0.3, -0.25) is 9.35 Å². The molecule has 10 nitrogen and oxygen atoms in total. The van der Waals surface area contributed by atoms with E-state index in [0.29, 0.717) is 25.7 Å². The molecule has 1 saturated heterocycles. The Hall–Kier alpha value is -0.920. The third kappa shape index (κ3) is 4.70. The molecule has 4 aliphatic carbocycles. The molecular formula is C27H42O10S. The Bertz CT molecular complexity index is 1080. The third-order valence-corrected chi connectivity index (χ3v) is 11.4. The van der Waals surface area contributed by atoms with Crippen molar-refractivity contribution in [3.05, 3.63) is 11.6 Å². The van der Waals surface area contributed by atoms with Crippen LogP contribution in [0.2, 0.25) is 0 Å². The minimum Gasteiger partial charge on any atom is -0.388 e. The fourth-order valence-corrected chi connectivity index (χ4v) is 9.40. The van der Waals surface area contributed by atoms with Gasteiger partial charge in [0, 0.05) is 5.92 Å². The molecule has 1 heterocycles. The van der Waals surface area contributed by atoms with E-state index >= 15 is 0 Å². The summed E-state index contributed by atoms with van der Waals surface area (Å²) in [6.07, 6.45) is -0.320. The van der Waals surface area contributed by atoms with Crippen molar-refractivity contribution in [1.82, 2.24) is 0 Å². The van der Waals surface area contributed by atoms with Crippen molar-refractivity contribution in [2.24, 2.45) is 34.5 Å². The molecule has 0 aromatic rings. The van der Waals surface area contributed by atoms with Gasteiger partial charge in [-0.25, -0.2) is 4.18 Å². The summed E-state index contributed by atoms with van der Waals surface area (Å²) in [5, 5.41) is 31.2. The maximum absolute atomic E-state index is 12.5. The monoisotopic (exact) mass is 558 g/mol. The molecule has 1 aliphatic heterocycles. The smallest absolute Gasteiger partial charge is 0.388 e. The summed E-state index contributed by atoms with van der Waals surface area (Å²) in [6, 6.07) is 0. The molecule has 216 valence electrons. The van der Waals surface area contributed by atoms with Gasteiger partial charge >= 0.3 is 10.4 Å². The second-order valence-electron chi connectivity index (χ2n) is 12.9. The van der Waals surface area contributed by atoms with Crippen LogP contribution in [0.4, 0.5) is 0 Å². The maximum Gasteiger partial charge on any atom is 0.397 e. The molecule has 0 aromatic heterocycles. The first-order valence-electron chi connectivity index (χ1n) is 13.9. The number of aliphatic hydroxyl groups excluding tert-OH is 3. The largest absolute Gasteiger partial charge is 0.397 e. The highest BCUT2D eigenvalue weighted by Gasteiger charge is 2.61. The molecule has 0 bridgehead atoms. The van der Waals surface area contributed by atoms with Crippen molar-refractivity contribution in [3.8, 4) is 0 Å². The first-order chi connectivity index (χ1) is 17.7. The van der Waals surface area contributed by atoms with E-state index < -0.39 is 53.3 Å². The Balaban J connectivity index is 1.49. The van der Waals surface area contributed by atoms with Gasteiger partial charge in [-0.15, -0.1) is 0 Å². The molecule has 3 saturated carbocycles. The number of ketones is 1. The SMILES string of the molecule is CC(=O)[C@H]1CCC2C3C[C@H](O[C@@H]4O[C@H](C)[C@@H](O)[C@H](O)[C@H]4O)C4C[C@@H](OS(=O)(=O)O)CC[C@]4(C)C3=CC[C@@]21C. The predicted molar refractivity (Wildman–Crippen MR) is 135 cm³/mol. The zero-order chi connectivity index (χ0) is 27.8. The van der Waals surface area contributed by atoms with Crippen LogP contribution in [-0.4, -0.2) is 77.0 Å². The fourth-order valence-electron chi connectivity index (χ4n) is 8.88. The molecule has 5 rings (SSSR count). The van der Waals surface area contributed by atoms with Crippen LogP contribution in [0.3, 0.4) is 0 Å². The zero-order valence-corrected chi connectivity index (χ0v) is 23.3. The van der Waals surface area contributed by atoms with E-state index in [1.165, 1.54) is 5.57 Å². The first-order valence-corrected chi connectivity index (χ1v) is 15.2. The van der Waals surface area contributed by atoms with Gasteiger partial charge in [0.15, 0.2) is 6.29 Å². The van der Waals surface area contributed by atoms with Crippen LogP contribution in [0.15, 0.2) is 11.6 Å². The quantitative estimate of drug-likeness (QED) is 0.291. The Morgan fingerprint density at radius 2 is 1.76 bits per heavy atom. The van der Waals surface area contributed by atoms with Gasteiger partial charge in [0.2, 0.25) is 0 Å². The predicted octanol–water partition coefficient (Wildman–Crippen LogP) is 2.17. The third-order valence-electron chi connectivity index (χ3n) is 10.8. The van der Waals surface area contributed by atoms with E-state index in [1.807, 2.05) is 0 Å². The minimum atomic E-state index is -4.63. The molecule has 0 amide bonds. The van der Waals surface area contributed by atoms with Gasteiger partial charge in [-0.05, 0) is 87.4 Å². The lowest BCUT2D eigenvalue weighted by atomic mass is 9.48. The number of hydrogen-bond acceptors (Lipinski definition) is 9. The second kappa shape index (κ2) is 9.87. The number of carbonyl (C=O) groups excluding carboxylic acids is 1. The van der Waals surface area contributed by atoms with Crippen molar-refractivity contribution in [2.45, 2.75) is 116 Å². The Kier molecular flexibility index (Phi) is 7.43. The minimum absolute atomic E-state index is 0.00933. The van der Waals surface area contributed by atoms with Crippen LogP contribution in [0.1, 0.15) is 72.6 Å². The highest BCUT2D eigenvalue weighted by atomic mass is 32.3. The molecule has 5 aliphatic rings. The van der Waals surface area contributed by atoms with Gasteiger partial charge in [-0.2, -0.15) is 8.42 Å². The Morgan fingerprint density at radius 1 is 1.05 bits per heavy atom. The van der Waals surface area contributed by atoms with Crippen LogP contribution < -0.4 is 0 Å². The lowest BCUT2D eigenvalue weighted by Crippen LogP contribution is -2.60. The fraction of sp³-hybridized carbons (Fsp3) is 0.889. The summed E-state index contributed by atoms with van der Waals surface area (Å²) in [7, 11) is -4.63. The molecule has 4 N–H and O–H groups in total. The van der Waals surface area contributed by atoms with Crippen molar-refractivity contribution in [1.29, 1.82) is 0 Å². The topological polar surface area (TPSA) is 160 Å². The van der Waals surface area contributed by atoms with Crippen LogP contribution in [0.25, 0.3) is 0 Å². The Labute approximate surface area is 224 Å². The normalized spacial score (nSPS) is 50.9.